The maximum atomic E-state index is 5.41. The Morgan fingerprint density at radius 3 is 2.48 bits per heavy atom. The molecule has 0 saturated carbocycles. The van der Waals surface area contributed by atoms with Gasteiger partial charge in [-0.3, -0.25) is 0 Å². The zero-order valence-electron chi connectivity index (χ0n) is 16.3. The third-order valence-corrected chi connectivity index (χ3v) is 4.38. The predicted molar refractivity (Wildman–Crippen MR) is 111 cm³/mol. The molecule has 5 heteroatoms. The van der Waals surface area contributed by atoms with Gasteiger partial charge in [0.1, 0.15) is 23.2 Å². The van der Waals surface area contributed by atoms with E-state index in [-0.39, 0.29) is 0 Å². The second-order valence-electron chi connectivity index (χ2n) is 6.62. The number of anilines is 3. The van der Waals surface area contributed by atoms with E-state index in [9.17, 15) is 0 Å². The topological polar surface area (TPSA) is 59.1 Å². The van der Waals surface area contributed by atoms with Gasteiger partial charge in [-0.15, -0.1) is 0 Å². The largest absolute Gasteiger partial charge is 0.496 e. The summed E-state index contributed by atoms with van der Waals surface area (Å²) in [6.45, 7) is 6.85. The number of hydrogen-bond donors (Lipinski definition) is 2. The van der Waals surface area contributed by atoms with E-state index in [2.05, 4.69) is 58.7 Å². The normalized spacial score (nSPS) is 10.5. The molecule has 1 aromatic heterocycles. The zero-order chi connectivity index (χ0) is 19.2. The van der Waals surface area contributed by atoms with Crippen LogP contribution in [-0.4, -0.2) is 23.6 Å². The Morgan fingerprint density at radius 1 is 0.926 bits per heavy atom. The van der Waals surface area contributed by atoms with E-state index in [1.807, 2.05) is 31.2 Å². The summed E-state index contributed by atoms with van der Waals surface area (Å²) in [5.74, 6) is 3.24. The number of ether oxygens (including phenoxy) is 1. The maximum Gasteiger partial charge on any atom is 0.136 e. The molecule has 0 amide bonds. The van der Waals surface area contributed by atoms with Gasteiger partial charge in [0.15, 0.2) is 0 Å². The van der Waals surface area contributed by atoms with E-state index in [0.29, 0.717) is 0 Å². The van der Waals surface area contributed by atoms with Gasteiger partial charge in [-0.25, -0.2) is 9.97 Å². The molecular formula is C22H26N4O. The summed E-state index contributed by atoms with van der Waals surface area (Å²) in [5, 5.41) is 6.78. The number of rotatable bonds is 7. The van der Waals surface area contributed by atoms with Gasteiger partial charge < -0.3 is 15.4 Å². The van der Waals surface area contributed by atoms with Crippen LogP contribution in [-0.2, 0) is 6.42 Å². The summed E-state index contributed by atoms with van der Waals surface area (Å²) in [7, 11) is 1.70. The molecule has 0 radical (unpaired) electrons. The molecule has 2 N–H and O–H groups in total. The lowest BCUT2D eigenvalue weighted by Gasteiger charge is -2.13. The monoisotopic (exact) mass is 362 g/mol. The molecule has 140 valence electrons. The molecule has 5 nitrogen and oxygen atoms in total. The number of aromatic nitrogens is 2. The zero-order valence-corrected chi connectivity index (χ0v) is 16.3. The van der Waals surface area contributed by atoms with Crippen molar-refractivity contribution < 1.29 is 4.74 Å². The number of hydrogen-bond acceptors (Lipinski definition) is 5. The second-order valence-corrected chi connectivity index (χ2v) is 6.62. The third-order valence-electron chi connectivity index (χ3n) is 4.38. The number of nitrogens with zero attached hydrogens (tertiary/aromatic N) is 2. The molecule has 0 aliphatic carbocycles. The summed E-state index contributed by atoms with van der Waals surface area (Å²) >= 11 is 0. The minimum absolute atomic E-state index is 0.726. The van der Waals surface area contributed by atoms with Crippen LogP contribution >= 0.6 is 0 Å². The van der Waals surface area contributed by atoms with Crippen LogP contribution in [0.25, 0.3) is 0 Å². The number of methoxy groups -OCH3 is 1. The quantitative estimate of drug-likeness (QED) is 0.632. The molecule has 0 aliphatic rings. The molecule has 3 aromatic rings. The highest BCUT2D eigenvalue weighted by Crippen LogP contribution is 2.22. The van der Waals surface area contributed by atoms with E-state index < -0.39 is 0 Å². The SMILES string of the molecule is COc1ccccc1CCNc1cc(Nc2ccc(C)cc2C)nc(C)n1. The maximum absolute atomic E-state index is 5.41. The number of nitrogens with one attached hydrogen (secondary N) is 2. The van der Waals surface area contributed by atoms with E-state index in [1.54, 1.807) is 7.11 Å². The fourth-order valence-electron chi connectivity index (χ4n) is 3.05. The average molecular weight is 362 g/mol. The van der Waals surface area contributed by atoms with Crippen molar-refractivity contribution in [2.45, 2.75) is 27.2 Å². The first kappa shape index (κ1) is 18.7. The van der Waals surface area contributed by atoms with Crippen LogP contribution < -0.4 is 15.4 Å². The second kappa shape index (κ2) is 8.54. The van der Waals surface area contributed by atoms with E-state index in [4.69, 9.17) is 4.74 Å². The fourth-order valence-corrected chi connectivity index (χ4v) is 3.05. The van der Waals surface area contributed by atoms with E-state index >= 15 is 0 Å². The molecule has 0 aliphatic heterocycles. The van der Waals surface area contributed by atoms with E-state index in [1.165, 1.54) is 16.7 Å². The minimum Gasteiger partial charge on any atom is -0.496 e. The van der Waals surface area contributed by atoms with Crippen LogP contribution in [0.2, 0.25) is 0 Å². The van der Waals surface area contributed by atoms with Crippen LogP contribution in [0.5, 0.6) is 5.75 Å². The van der Waals surface area contributed by atoms with Crippen molar-refractivity contribution in [3.63, 3.8) is 0 Å². The Labute approximate surface area is 160 Å². The van der Waals surface area contributed by atoms with Crippen molar-refractivity contribution in [2.75, 3.05) is 24.3 Å². The third kappa shape index (κ3) is 4.97. The van der Waals surface area contributed by atoms with Crippen LogP contribution in [0.15, 0.2) is 48.5 Å². The highest BCUT2D eigenvalue weighted by atomic mass is 16.5. The smallest absolute Gasteiger partial charge is 0.136 e. The first-order chi connectivity index (χ1) is 13.0. The highest BCUT2D eigenvalue weighted by Gasteiger charge is 2.06. The van der Waals surface area contributed by atoms with Gasteiger partial charge in [-0.1, -0.05) is 35.9 Å². The minimum atomic E-state index is 0.726. The summed E-state index contributed by atoms with van der Waals surface area (Å²) in [6, 6.07) is 16.3. The number of benzene rings is 2. The van der Waals surface area contributed by atoms with Crippen LogP contribution in [0.3, 0.4) is 0 Å². The summed E-state index contributed by atoms with van der Waals surface area (Å²) in [5.41, 5.74) is 4.66. The van der Waals surface area contributed by atoms with Crippen molar-refractivity contribution in [3.05, 3.63) is 71.0 Å². The van der Waals surface area contributed by atoms with Gasteiger partial charge in [-0.05, 0) is 50.5 Å². The summed E-state index contributed by atoms with van der Waals surface area (Å²) in [4.78, 5) is 9.00. The lowest BCUT2D eigenvalue weighted by molar-refractivity contribution is 0.410. The van der Waals surface area contributed by atoms with Crippen LogP contribution in [0, 0.1) is 20.8 Å². The Morgan fingerprint density at radius 2 is 1.70 bits per heavy atom. The predicted octanol–water partition coefficient (Wildman–Crippen LogP) is 4.81. The number of para-hydroxylation sites is 1. The Bertz CT molecular complexity index is 924. The molecule has 0 atom stereocenters. The van der Waals surface area contributed by atoms with Gasteiger partial charge in [0.25, 0.3) is 0 Å². The lowest BCUT2D eigenvalue weighted by Crippen LogP contribution is -2.09. The lowest BCUT2D eigenvalue weighted by atomic mass is 10.1. The summed E-state index contributed by atoms with van der Waals surface area (Å²) < 4.78 is 5.41. The van der Waals surface area contributed by atoms with Crippen molar-refractivity contribution in [1.29, 1.82) is 0 Å². The van der Waals surface area contributed by atoms with Gasteiger partial charge in [-0.2, -0.15) is 0 Å². The first-order valence-electron chi connectivity index (χ1n) is 9.11. The van der Waals surface area contributed by atoms with Crippen LogP contribution in [0.4, 0.5) is 17.3 Å². The van der Waals surface area contributed by atoms with Crippen molar-refractivity contribution in [1.82, 2.24) is 9.97 Å². The Balaban J connectivity index is 1.68. The Hall–Kier alpha value is -3.08. The van der Waals surface area contributed by atoms with Crippen LogP contribution in [0.1, 0.15) is 22.5 Å². The van der Waals surface area contributed by atoms with Gasteiger partial charge in [0, 0.05) is 18.3 Å². The van der Waals surface area contributed by atoms with Crippen molar-refractivity contribution in [2.24, 2.45) is 0 Å². The van der Waals surface area contributed by atoms with Crippen molar-refractivity contribution >= 4 is 17.3 Å². The fraction of sp³-hybridized carbons (Fsp3) is 0.273. The Kier molecular flexibility index (Phi) is 5.91. The molecular weight excluding hydrogens is 336 g/mol. The standard InChI is InChI=1S/C22H26N4O/c1-15-9-10-19(16(2)13-15)26-22-14-21(24-17(3)25-22)23-12-11-18-7-5-6-8-20(18)27-4/h5-10,13-14H,11-12H2,1-4H3,(H2,23,24,25,26). The van der Waals surface area contributed by atoms with Gasteiger partial charge >= 0.3 is 0 Å². The van der Waals surface area contributed by atoms with Gasteiger partial charge in [0.05, 0.1) is 7.11 Å². The molecule has 0 bridgehead atoms. The molecule has 0 saturated heterocycles. The number of aryl methyl sites for hydroxylation is 3. The molecule has 0 unspecified atom stereocenters. The molecule has 1 heterocycles. The molecule has 0 fully saturated rings. The molecule has 3 rings (SSSR count). The molecule has 2 aromatic carbocycles. The van der Waals surface area contributed by atoms with Gasteiger partial charge in [0.2, 0.25) is 0 Å². The van der Waals surface area contributed by atoms with E-state index in [0.717, 1.165) is 41.9 Å². The summed E-state index contributed by atoms with van der Waals surface area (Å²) in [6.07, 6.45) is 0.854. The molecule has 0 spiro atoms. The average Bonchev–Trinajstić information content (AvgIpc) is 2.64. The van der Waals surface area contributed by atoms with Crippen molar-refractivity contribution in [3.8, 4) is 5.75 Å². The highest BCUT2D eigenvalue weighted by molar-refractivity contribution is 5.63. The first-order valence-corrected chi connectivity index (χ1v) is 9.11. The molecule has 27 heavy (non-hydrogen) atoms.